The third-order valence-corrected chi connectivity index (χ3v) is 4.50. The number of fused-ring (bicyclic) bond motifs is 1. The Balaban J connectivity index is 1.84. The molecule has 3 rings (SSSR count). The lowest BCUT2D eigenvalue weighted by atomic mass is 10.0. The van der Waals surface area contributed by atoms with E-state index in [2.05, 4.69) is 6.92 Å². The van der Waals surface area contributed by atoms with Crippen LogP contribution in [0.5, 0.6) is 5.75 Å². The first-order valence-corrected chi connectivity index (χ1v) is 9.03. The standard InChI is InChI=1S/C21H18ClFO4/c1-2-3-4-14-9-21(25)27-19-11-20(17(22)10-16(14)19)26-12-18(24)13-5-7-15(23)8-6-13/h5-11H,2-4,12H2,1H3. The number of ether oxygens (including phenoxy) is 1. The van der Waals surface area contributed by atoms with Crippen LogP contribution in [0.4, 0.5) is 4.39 Å². The van der Waals surface area contributed by atoms with Gasteiger partial charge in [-0.1, -0.05) is 24.9 Å². The van der Waals surface area contributed by atoms with Crippen LogP contribution in [-0.4, -0.2) is 12.4 Å². The van der Waals surface area contributed by atoms with Gasteiger partial charge in [-0.2, -0.15) is 0 Å². The van der Waals surface area contributed by atoms with Crippen LogP contribution in [0.2, 0.25) is 5.02 Å². The average Bonchev–Trinajstić information content (AvgIpc) is 2.65. The summed E-state index contributed by atoms with van der Waals surface area (Å²) in [4.78, 5) is 24.0. The molecule has 1 heterocycles. The highest BCUT2D eigenvalue weighted by Gasteiger charge is 2.13. The van der Waals surface area contributed by atoms with Gasteiger partial charge in [-0.25, -0.2) is 9.18 Å². The van der Waals surface area contributed by atoms with Crippen LogP contribution in [0.3, 0.4) is 0 Å². The summed E-state index contributed by atoms with van der Waals surface area (Å²) < 4.78 is 23.7. The number of Topliss-reactive ketones (excluding diaryl/α,β-unsaturated/α-hetero) is 1. The minimum Gasteiger partial charge on any atom is -0.484 e. The summed E-state index contributed by atoms with van der Waals surface area (Å²) in [5.74, 6) is -0.487. The Morgan fingerprint density at radius 3 is 2.63 bits per heavy atom. The van der Waals surface area contributed by atoms with Crippen molar-refractivity contribution in [3.8, 4) is 5.75 Å². The van der Waals surface area contributed by atoms with E-state index in [1.807, 2.05) is 0 Å². The molecule has 2 aromatic carbocycles. The molecule has 140 valence electrons. The topological polar surface area (TPSA) is 56.5 Å². The first-order chi connectivity index (χ1) is 13.0. The molecule has 0 unspecified atom stereocenters. The Labute approximate surface area is 160 Å². The van der Waals surface area contributed by atoms with Crippen molar-refractivity contribution in [1.29, 1.82) is 0 Å². The van der Waals surface area contributed by atoms with E-state index < -0.39 is 11.4 Å². The van der Waals surface area contributed by atoms with E-state index in [1.165, 1.54) is 36.4 Å². The molecule has 0 amide bonds. The minimum absolute atomic E-state index is 0.246. The Morgan fingerprint density at radius 1 is 1.19 bits per heavy atom. The Morgan fingerprint density at radius 2 is 1.93 bits per heavy atom. The number of benzene rings is 2. The first-order valence-electron chi connectivity index (χ1n) is 8.65. The predicted octanol–water partition coefficient (Wildman–Crippen LogP) is 5.19. The van der Waals surface area contributed by atoms with E-state index in [-0.39, 0.29) is 18.1 Å². The monoisotopic (exact) mass is 388 g/mol. The van der Waals surface area contributed by atoms with E-state index in [9.17, 15) is 14.0 Å². The van der Waals surface area contributed by atoms with Crippen LogP contribution < -0.4 is 10.4 Å². The average molecular weight is 389 g/mol. The van der Waals surface area contributed by atoms with Crippen molar-refractivity contribution in [2.24, 2.45) is 0 Å². The quantitative estimate of drug-likeness (QED) is 0.413. The zero-order valence-corrected chi connectivity index (χ0v) is 15.5. The smallest absolute Gasteiger partial charge is 0.336 e. The highest BCUT2D eigenvalue weighted by Crippen LogP contribution is 2.31. The molecule has 0 atom stereocenters. The summed E-state index contributed by atoms with van der Waals surface area (Å²) in [6, 6.07) is 9.89. The number of carbonyl (C=O) groups is 1. The SMILES string of the molecule is CCCCc1cc(=O)oc2cc(OCC(=O)c3ccc(F)cc3)c(Cl)cc12. The molecule has 0 fully saturated rings. The molecule has 0 saturated carbocycles. The molecule has 0 aliphatic carbocycles. The van der Waals surface area contributed by atoms with Crippen LogP contribution in [0, 0.1) is 5.82 Å². The molecular weight excluding hydrogens is 371 g/mol. The van der Waals surface area contributed by atoms with Crippen molar-refractivity contribution in [1.82, 2.24) is 0 Å². The normalized spacial score (nSPS) is 10.9. The number of hydrogen-bond donors (Lipinski definition) is 0. The van der Waals surface area contributed by atoms with Gasteiger partial charge in [0.25, 0.3) is 0 Å². The summed E-state index contributed by atoms with van der Waals surface area (Å²) >= 11 is 6.29. The maximum Gasteiger partial charge on any atom is 0.336 e. The third kappa shape index (κ3) is 4.55. The molecule has 27 heavy (non-hydrogen) atoms. The maximum absolute atomic E-state index is 12.9. The second kappa shape index (κ2) is 8.35. The van der Waals surface area contributed by atoms with Crippen molar-refractivity contribution in [2.45, 2.75) is 26.2 Å². The van der Waals surface area contributed by atoms with Gasteiger partial charge < -0.3 is 9.15 Å². The van der Waals surface area contributed by atoms with Crippen molar-refractivity contribution in [3.05, 3.63) is 74.9 Å². The molecule has 4 nitrogen and oxygen atoms in total. The largest absolute Gasteiger partial charge is 0.484 e. The number of carbonyl (C=O) groups excluding carboxylic acids is 1. The molecule has 0 aliphatic heterocycles. The second-order valence-corrected chi connectivity index (χ2v) is 6.60. The highest BCUT2D eigenvalue weighted by atomic mass is 35.5. The molecular formula is C21H18ClFO4. The van der Waals surface area contributed by atoms with E-state index in [4.69, 9.17) is 20.8 Å². The molecule has 1 aromatic heterocycles. The molecule has 6 heteroatoms. The highest BCUT2D eigenvalue weighted by molar-refractivity contribution is 6.32. The lowest BCUT2D eigenvalue weighted by molar-refractivity contribution is 0.0921. The first kappa shape index (κ1) is 19.1. The Kier molecular flexibility index (Phi) is 5.91. The van der Waals surface area contributed by atoms with E-state index in [0.717, 1.165) is 30.2 Å². The fourth-order valence-electron chi connectivity index (χ4n) is 2.78. The van der Waals surface area contributed by atoms with Crippen molar-refractivity contribution >= 4 is 28.4 Å². The number of rotatable bonds is 7. The lowest BCUT2D eigenvalue weighted by Crippen LogP contribution is -2.12. The van der Waals surface area contributed by atoms with Crippen molar-refractivity contribution < 1.29 is 18.3 Å². The number of ketones is 1. The van der Waals surface area contributed by atoms with Gasteiger partial charge in [0.15, 0.2) is 12.4 Å². The number of aryl methyl sites for hydroxylation is 1. The van der Waals surface area contributed by atoms with Gasteiger partial charge in [0.2, 0.25) is 0 Å². The summed E-state index contributed by atoms with van der Waals surface area (Å²) in [6.45, 7) is 1.81. The van der Waals surface area contributed by atoms with Gasteiger partial charge in [-0.05, 0) is 48.7 Å². The maximum atomic E-state index is 12.9. The molecule has 0 radical (unpaired) electrons. The van der Waals surface area contributed by atoms with E-state index in [0.29, 0.717) is 16.2 Å². The summed E-state index contributed by atoms with van der Waals surface area (Å²) in [7, 11) is 0. The van der Waals surface area contributed by atoms with Gasteiger partial charge in [0, 0.05) is 23.1 Å². The summed E-state index contributed by atoms with van der Waals surface area (Å²) in [5, 5.41) is 1.08. The van der Waals surface area contributed by atoms with Gasteiger partial charge in [0.1, 0.15) is 17.1 Å². The van der Waals surface area contributed by atoms with E-state index >= 15 is 0 Å². The van der Waals surface area contributed by atoms with Crippen LogP contribution in [0.1, 0.15) is 35.7 Å². The minimum atomic E-state index is -0.440. The Bertz CT molecular complexity index is 1020. The van der Waals surface area contributed by atoms with Crippen LogP contribution >= 0.6 is 11.6 Å². The molecule has 3 aromatic rings. The zero-order valence-electron chi connectivity index (χ0n) is 14.8. The molecule has 0 saturated heterocycles. The van der Waals surface area contributed by atoms with Crippen LogP contribution in [0.25, 0.3) is 11.0 Å². The molecule has 0 aliphatic rings. The third-order valence-electron chi connectivity index (χ3n) is 4.21. The van der Waals surface area contributed by atoms with Crippen molar-refractivity contribution in [3.63, 3.8) is 0 Å². The van der Waals surface area contributed by atoms with Gasteiger partial charge >= 0.3 is 5.63 Å². The summed E-state index contributed by atoms with van der Waals surface area (Å²) in [6.07, 6.45) is 2.70. The zero-order chi connectivity index (χ0) is 19.4. The molecule has 0 bridgehead atoms. The summed E-state index contributed by atoms with van der Waals surface area (Å²) in [5.41, 5.74) is 1.13. The van der Waals surface area contributed by atoms with Crippen LogP contribution in [-0.2, 0) is 6.42 Å². The van der Waals surface area contributed by atoms with Crippen molar-refractivity contribution in [2.75, 3.05) is 6.61 Å². The number of unbranched alkanes of at least 4 members (excludes halogenated alkanes) is 1. The predicted molar refractivity (Wildman–Crippen MR) is 102 cm³/mol. The van der Waals surface area contributed by atoms with Gasteiger partial charge in [-0.3, -0.25) is 4.79 Å². The van der Waals surface area contributed by atoms with E-state index in [1.54, 1.807) is 6.07 Å². The Hall–Kier alpha value is -2.66. The van der Waals surface area contributed by atoms with Gasteiger partial charge in [0.05, 0.1) is 5.02 Å². The van der Waals surface area contributed by atoms with Crippen LogP contribution in [0.15, 0.2) is 51.7 Å². The fourth-order valence-corrected chi connectivity index (χ4v) is 2.99. The molecule has 0 N–H and O–H groups in total. The fraction of sp³-hybridized carbons (Fsp3) is 0.238. The molecule has 0 spiro atoms. The second-order valence-electron chi connectivity index (χ2n) is 6.19. The lowest BCUT2D eigenvalue weighted by Gasteiger charge is -2.10. The van der Waals surface area contributed by atoms with Gasteiger partial charge in [-0.15, -0.1) is 0 Å². The number of hydrogen-bond acceptors (Lipinski definition) is 4. The number of halogens is 2.